The third kappa shape index (κ3) is 10.2. The second-order valence-electron chi connectivity index (χ2n) is 30.2. The smallest absolute Gasteiger partial charge is 0.0998 e. The maximum atomic E-state index is 10.2. The molecule has 5 aromatic heterocycles. The van der Waals surface area contributed by atoms with Crippen LogP contribution in [-0.4, -0.2) is 24.1 Å². The number of pyridine rings is 3. The summed E-state index contributed by atoms with van der Waals surface area (Å²) in [5, 5.41) is 45.0. The summed E-state index contributed by atoms with van der Waals surface area (Å²) in [5.74, 6) is 0. The summed E-state index contributed by atoms with van der Waals surface area (Å²) in [5.41, 5.74) is 24.7. The lowest BCUT2D eigenvalue weighted by Crippen LogP contribution is -1.93. The van der Waals surface area contributed by atoms with Crippen LogP contribution in [0.5, 0.6) is 0 Å². The van der Waals surface area contributed by atoms with Gasteiger partial charge in [0, 0.05) is 84.4 Å². The fourth-order valence-electron chi connectivity index (χ4n) is 19.0. The Labute approximate surface area is 666 Å². The predicted molar refractivity (Wildman–Crippen MR) is 482 cm³/mol. The van der Waals surface area contributed by atoms with E-state index in [-0.39, 0.29) is 0 Å². The van der Waals surface area contributed by atoms with Gasteiger partial charge in [-0.15, -0.1) is 0 Å². The van der Waals surface area contributed by atoms with Gasteiger partial charge in [-0.1, -0.05) is 231 Å². The molecule has 0 fully saturated rings. The molecule has 5 heterocycles. The van der Waals surface area contributed by atoms with E-state index in [1.807, 2.05) is 61.1 Å². The van der Waals surface area contributed by atoms with E-state index in [1.54, 1.807) is 0 Å². The van der Waals surface area contributed by atoms with Crippen molar-refractivity contribution in [2.45, 2.75) is 0 Å². The summed E-state index contributed by atoms with van der Waals surface area (Å²) in [6, 6.07) is 135. The third-order valence-corrected chi connectivity index (χ3v) is 24.1. The minimum Gasteiger partial charge on any atom is -0.309 e. The molecule has 0 bridgehead atoms. The summed E-state index contributed by atoms with van der Waals surface area (Å²) in [4.78, 5) is 14.2. The number of rotatable bonds is 9. The molecule has 0 aliphatic rings. The van der Waals surface area contributed by atoms with Crippen molar-refractivity contribution in [1.29, 1.82) is 10.5 Å². The fourth-order valence-corrected chi connectivity index (χ4v) is 19.0. The molecule has 116 heavy (non-hydrogen) atoms. The van der Waals surface area contributed by atoms with Gasteiger partial charge in [0.1, 0.15) is 0 Å². The number of nitrogens with zero attached hydrogens (tertiary/aromatic N) is 7. The highest BCUT2D eigenvalue weighted by molar-refractivity contribution is 6.32. The van der Waals surface area contributed by atoms with Crippen molar-refractivity contribution in [3.63, 3.8) is 0 Å². The Kier molecular flexibility index (Phi) is 15.0. The van der Waals surface area contributed by atoms with Crippen LogP contribution >= 0.6 is 0 Å². The normalized spacial score (nSPS) is 11.8. The van der Waals surface area contributed by atoms with Gasteiger partial charge >= 0.3 is 0 Å². The molecule has 7 nitrogen and oxygen atoms in total. The number of aromatic nitrogens is 5. The van der Waals surface area contributed by atoms with Crippen LogP contribution in [0, 0.1) is 22.7 Å². The molecule has 534 valence electrons. The van der Waals surface area contributed by atoms with Gasteiger partial charge in [-0.3, -0.25) is 15.0 Å². The minimum atomic E-state index is 0.688. The average molecular weight is 1470 g/mol. The van der Waals surface area contributed by atoms with E-state index in [2.05, 4.69) is 343 Å². The van der Waals surface area contributed by atoms with Gasteiger partial charge in [0.25, 0.3) is 0 Å². The number of hydrogen-bond acceptors (Lipinski definition) is 5. The highest BCUT2D eigenvalue weighted by atomic mass is 15.0. The van der Waals surface area contributed by atoms with Crippen LogP contribution in [0.4, 0.5) is 0 Å². The molecule has 0 saturated heterocycles. The molecule has 0 aliphatic carbocycles. The second kappa shape index (κ2) is 26.4. The summed E-state index contributed by atoms with van der Waals surface area (Å²) in [6.07, 6.45) is 5.57. The molecule has 0 radical (unpaired) electrons. The van der Waals surface area contributed by atoms with E-state index in [0.29, 0.717) is 11.1 Å². The lowest BCUT2D eigenvalue weighted by molar-refractivity contribution is 1.18. The SMILES string of the molecule is N#Cc1ccc2c3c1ccc1c(-c4cc5c6ccccc6c(-c6cc(-c7ccccn7)cc(-c7ccccn7)c6)cc5c5ccccc45)ccc(c13)n2-c1ccccc1.N#Cc1ccc2c3c1ccc1c(-c4cc5c6ccccc6c(-c6ccc(-c7cccc8cccnc78)cc6)cc5c5ccccc45)ccc(c13)n2-c1ccccc1. The maximum absolute atomic E-state index is 10.2. The zero-order valence-corrected chi connectivity index (χ0v) is 62.5. The first-order valence-corrected chi connectivity index (χ1v) is 39.2. The van der Waals surface area contributed by atoms with Crippen molar-refractivity contribution in [2.75, 3.05) is 0 Å². The van der Waals surface area contributed by atoms with Crippen molar-refractivity contribution in [1.82, 2.24) is 24.1 Å². The van der Waals surface area contributed by atoms with Crippen LogP contribution in [0.25, 0.3) is 230 Å². The van der Waals surface area contributed by atoms with Gasteiger partial charge in [0.05, 0.1) is 62.2 Å². The molecular formula is C109H63N7. The molecule has 0 unspecified atom stereocenters. The standard InChI is InChI=1S/C55H32N4.C54H31N3/c56-33-34-20-24-52-54-39(34)21-22-45-44(23-25-53(55(45)54)59(52)38-12-2-1-3-13-38)47-32-49-41-15-5-4-14-40(41)46(31-48(49)43-17-7-6-16-42(43)47)35-28-36(50-18-8-10-26-57-50)30-37(29-35)51-19-9-11-27-58-51;55-32-36-23-27-50-52-38(36)24-25-45-44(26-28-51(53(45)52)57(50)37-12-2-1-3-13-37)47-31-49-41-15-5-4-14-40(41)46(30-48(49)43-17-7-6-16-42(43)47)34-21-19-33(20-22-34)39-18-8-10-35-11-9-29-56-54(35)39/h1-32H;1-31H. The molecule has 0 amide bonds. The molecule has 0 atom stereocenters. The summed E-state index contributed by atoms with van der Waals surface area (Å²) in [7, 11) is 0. The Morgan fingerprint density at radius 2 is 0.560 bits per heavy atom. The lowest BCUT2D eigenvalue weighted by Gasteiger charge is -2.18. The maximum Gasteiger partial charge on any atom is 0.0998 e. The Balaban J connectivity index is 0.000000137. The number of hydrogen-bond donors (Lipinski definition) is 0. The molecule has 19 aromatic carbocycles. The molecular weight excluding hydrogens is 1410 g/mol. The van der Waals surface area contributed by atoms with Crippen molar-refractivity contribution in [2.24, 2.45) is 0 Å². The average Bonchev–Trinajstić information content (AvgIpc) is 1.54. The Hall–Kier alpha value is -15.9. The number of para-hydroxylation sites is 3. The van der Waals surface area contributed by atoms with Crippen LogP contribution in [0.15, 0.2) is 383 Å². The van der Waals surface area contributed by atoms with Gasteiger partial charge in [0.2, 0.25) is 0 Å². The molecule has 0 spiro atoms. The summed E-state index contributed by atoms with van der Waals surface area (Å²) < 4.78 is 4.68. The van der Waals surface area contributed by atoms with Gasteiger partial charge < -0.3 is 9.13 Å². The largest absolute Gasteiger partial charge is 0.309 e. The first-order valence-electron chi connectivity index (χ1n) is 39.2. The number of fused-ring (bicyclic) bond motifs is 11. The van der Waals surface area contributed by atoms with Crippen LogP contribution in [0.2, 0.25) is 0 Å². The quantitative estimate of drug-likeness (QED) is 0.134. The molecule has 7 heteroatoms. The lowest BCUT2D eigenvalue weighted by atomic mass is 9.85. The Morgan fingerprint density at radius 1 is 0.207 bits per heavy atom. The molecule has 24 aromatic rings. The highest BCUT2D eigenvalue weighted by Gasteiger charge is 2.26. The predicted octanol–water partition coefficient (Wildman–Crippen LogP) is 28.4. The Bertz CT molecular complexity index is 8200. The molecule has 24 rings (SSSR count). The highest BCUT2D eigenvalue weighted by Crippen LogP contribution is 2.51. The number of benzene rings is 19. The minimum absolute atomic E-state index is 0.688. The van der Waals surface area contributed by atoms with E-state index < -0.39 is 0 Å². The van der Waals surface area contributed by atoms with Crippen molar-refractivity contribution < 1.29 is 0 Å². The summed E-state index contributed by atoms with van der Waals surface area (Å²) in [6.45, 7) is 0. The first kappa shape index (κ1) is 65.9. The Morgan fingerprint density at radius 3 is 1.00 bits per heavy atom. The van der Waals surface area contributed by atoms with Crippen LogP contribution in [0.1, 0.15) is 11.1 Å². The topological polar surface area (TPSA) is 96.1 Å². The van der Waals surface area contributed by atoms with Gasteiger partial charge in [-0.25, -0.2) is 0 Å². The number of nitriles is 2. The van der Waals surface area contributed by atoms with Crippen molar-refractivity contribution in [3.8, 4) is 102 Å². The summed E-state index contributed by atoms with van der Waals surface area (Å²) >= 11 is 0. The van der Waals surface area contributed by atoms with Gasteiger partial charge in [0.15, 0.2) is 0 Å². The van der Waals surface area contributed by atoms with E-state index in [0.717, 1.165) is 111 Å². The van der Waals surface area contributed by atoms with E-state index in [4.69, 9.17) is 15.0 Å². The van der Waals surface area contributed by atoms with Gasteiger partial charge in [-0.2, -0.15) is 10.5 Å². The van der Waals surface area contributed by atoms with Crippen LogP contribution in [-0.2, 0) is 0 Å². The molecule has 0 saturated carbocycles. The third-order valence-electron chi connectivity index (χ3n) is 24.1. The fraction of sp³-hybridized carbons (Fsp3) is 0. The second-order valence-corrected chi connectivity index (χ2v) is 30.2. The monoisotopic (exact) mass is 1470 g/mol. The van der Waals surface area contributed by atoms with Crippen molar-refractivity contribution in [3.05, 3.63) is 394 Å². The molecule has 0 N–H and O–H groups in total. The van der Waals surface area contributed by atoms with E-state index in [9.17, 15) is 10.5 Å². The van der Waals surface area contributed by atoms with Crippen LogP contribution in [0.3, 0.4) is 0 Å². The first-order chi connectivity index (χ1) is 57.5. The zero-order valence-electron chi connectivity index (χ0n) is 62.5. The van der Waals surface area contributed by atoms with Crippen LogP contribution < -0.4 is 0 Å². The van der Waals surface area contributed by atoms with Crippen molar-refractivity contribution >= 4 is 141 Å². The zero-order chi connectivity index (χ0) is 76.6. The van der Waals surface area contributed by atoms with E-state index >= 15 is 0 Å². The molecule has 0 aliphatic heterocycles. The van der Waals surface area contributed by atoms with E-state index in [1.165, 1.54) is 120 Å². The van der Waals surface area contributed by atoms with Gasteiger partial charge in [-0.05, 0) is 259 Å².